The van der Waals surface area contributed by atoms with Gasteiger partial charge in [-0.05, 0) is 12.8 Å². The molecule has 1 fully saturated rings. The van der Waals surface area contributed by atoms with Crippen LogP contribution in [-0.2, 0) is 14.8 Å². The molecule has 1 aliphatic rings. The molecule has 1 atom stereocenters. The quantitative estimate of drug-likeness (QED) is 0.545. The van der Waals surface area contributed by atoms with Crippen molar-refractivity contribution in [2.45, 2.75) is 12.8 Å². The third kappa shape index (κ3) is 2.67. The number of carboxylic acids is 1. The van der Waals surface area contributed by atoms with E-state index in [0.717, 1.165) is 6.26 Å². The molecule has 0 aliphatic carbocycles. The number of carbonyl (C=O) groups excluding carboxylic acids is 1. The Morgan fingerprint density at radius 2 is 2.15 bits per heavy atom. The lowest BCUT2D eigenvalue weighted by Gasteiger charge is -2.31. The normalized spacial score (nSPS) is 25.8. The number of nitrogens with zero attached hydrogens (tertiary/aromatic N) is 1. The molecular weight excluding hydrogens is 194 g/mol. The van der Waals surface area contributed by atoms with Gasteiger partial charge in [0.2, 0.25) is 10.0 Å². The fraction of sp³-hybridized carbons (Fsp3) is 0.857. The van der Waals surface area contributed by atoms with Crippen LogP contribution in [-0.4, -0.2) is 38.0 Å². The standard InChI is InChI=1S/C7H13NO4S/c1-13(11,12)8-4-2-3-6(5-8)7(9)10/h6H,2-5H2,1H3,(H,9,10)/p-1. The van der Waals surface area contributed by atoms with E-state index >= 15 is 0 Å². The Hall–Kier alpha value is -0.620. The van der Waals surface area contributed by atoms with Crippen LogP contribution in [0.25, 0.3) is 0 Å². The van der Waals surface area contributed by atoms with E-state index in [9.17, 15) is 18.3 Å². The summed E-state index contributed by atoms with van der Waals surface area (Å²) in [6.45, 7) is 0.476. The average Bonchev–Trinajstić information content (AvgIpc) is 2.03. The molecule has 0 amide bonds. The van der Waals surface area contributed by atoms with E-state index < -0.39 is 21.9 Å². The van der Waals surface area contributed by atoms with Gasteiger partial charge in [-0.3, -0.25) is 0 Å². The molecule has 1 heterocycles. The van der Waals surface area contributed by atoms with Gasteiger partial charge in [0.25, 0.3) is 0 Å². The third-order valence-corrected chi connectivity index (χ3v) is 3.46. The molecule has 0 saturated carbocycles. The van der Waals surface area contributed by atoms with Crippen molar-refractivity contribution in [3.05, 3.63) is 0 Å². The smallest absolute Gasteiger partial charge is 0.211 e. The van der Waals surface area contributed by atoms with E-state index in [4.69, 9.17) is 0 Å². The lowest BCUT2D eigenvalue weighted by Crippen LogP contribution is -2.45. The van der Waals surface area contributed by atoms with Crippen molar-refractivity contribution in [2.75, 3.05) is 19.3 Å². The first-order chi connectivity index (χ1) is 5.91. The summed E-state index contributed by atoms with van der Waals surface area (Å²) in [5.41, 5.74) is 0. The van der Waals surface area contributed by atoms with Gasteiger partial charge in [0.15, 0.2) is 0 Å². The summed E-state index contributed by atoms with van der Waals surface area (Å²) in [6, 6.07) is 0. The van der Waals surface area contributed by atoms with Crippen molar-refractivity contribution in [3.63, 3.8) is 0 Å². The molecule has 0 spiro atoms. The van der Waals surface area contributed by atoms with Crippen LogP contribution in [0.1, 0.15) is 12.8 Å². The molecule has 1 saturated heterocycles. The van der Waals surface area contributed by atoms with Gasteiger partial charge in [-0.25, -0.2) is 12.7 Å². The summed E-state index contributed by atoms with van der Waals surface area (Å²) >= 11 is 0. The predicted molar refractivity (Wildman–Crippen MR) is 44.1 cm³/mol. The van der Waals surface area contributed by atoms with Crippen LogP contribution in [0.5, 0.6) is 0 Å². The van der Waals surface area contributed by atoms with Crippen LogP contribution < -0.4 is 5.11 Å². The zero-order valence-corrected chi connectivity index (χ0v) is 8.21. The minimum absolute atomic E-state index is 0.0567. The van der Waals surface area contributed by atoms with Gasteiger partial charge in [0.05, 0.1) is 6.26 Å². The van der Waals surface area contributed by atoms with E-state index in [1.165, 1.54) is 4.31 Å². The van der Waals surface area contributed by atoms with Crippen LogP contribution in [0.2, 0.25) is 0 Å². The van der Waals surface area contributed by atoms with Crippen LogP contribution in [0.15, 0.2) is 0 Å². The molecule has 6 heteroatoms. The SMILES string of the molecule is CS(=O)(=O)N1CCCC(C(=O)[O-])C1. The Bertz CT molecular complexity index is 298. The van der Waals surface area contributed by atoms with Gasteiger partial charge in [0.1, 0.15) is 0 Å². The first kappa shape index (κ1) is 10.5. The molecule has 13 heavy (non-hydrogen) atoms. The number of rotatable bonds is 2. The minimum atomic E-state index is -3.25. The summed E-state index contributed by atoms with van der Waals surface area (Å²) in [7, 11) is -3.25. The number of hydrogen-bond donors (Lipinski definition) is 0. The van der Waals surface area contributed by atoms with Crippen LogP contribution >= 0.6 is 0 Å². The fourth-order valence-electron chi connectivity index (χ4n) is 1.44. The second-order valence-corrected chi connectivity index (χ2v) is 5.26. The van der Waals surface area contributed by atoms with Gasteiger partial charge in [-0.1, -0.05) is 0 Å². The largest absolute Gasteiger partial charge is 0.550 e. The van der Waals surface area contributed by atoms with Gasteiger partial charge in [0, 0.05) is 25.0 Å². The highest BCUT2D eigenvalue weighted by Gasteiger charge is 2.26. The Labute approximate surface area is 77.4 Å². The number of carboxylic acid groups (broad SMARTS) is 1. The second-order valence-electron chi connectivity index (χ2n) is 3.28. The summed E-state index contributed by atoms with van der Waals surface area (Å²) < 4.78 is 23.3. The molecule has 1 rings (SSSR count). The lowest BCUT2D eigenvalue weighted by molar-refractivity contribution is -0.312. The Morgan fingerprint density at radius 3 is 2.62 bits per heavy atom. The average molecular weight is 206 g/mol. The van der Waals surface area contributed by atoms with Gasteiger partial charge in [-0.15, -0.1) is 0 Å². The number of sulfonamides is 1. The van der Waals surface area contributed by atoms with Crippen LogP contribution in [0, 0.1) is 5.92 Å². The number of hydrogen-bond acceptors (Lipinski definition) is 4. The molecular formula is C7H12NO4S-. The molecule has 76 valence electrons. The van der Waals surface area contributed by atoms with Crippen molar-refractivity contribution in [1.29, 1.82) is 0 Å². The number of piperidine rings is 1. The van der Waals surface area contributed by atoms with Crippen molar-refractivity contribution in [2.24, 2.45) is 5.92 Å². The second kappa shape index (κ2) is 3.63. The summed E-state index contributed by atoms with van der Waals surface area (Å²) in [5, 5.41) is 10.5. The Kier molecular flexibility index (Phi) is 2.92. The predicted octanol–water partition coefficient (Wildman–Crippen LogP) is -1.59. The number of aliphatic carboxylic acids is 1. The molecule has 0 radical (unpaired) electrons. The number of carbonyl (C=O) groups is 1. The van der Waals surface area contributed by atoms with Crippen molar-refractivity contribution in [1.82, 2.24) is 4.31 Å². The van der Waals surface area contributed by atoms with Crippen molar-refractivity contribution >= 4 is 16.0 Å². The van der Waals surface area contributed by atoms with E-state index in [1.54, 1.807) is 0 Å². The molecule has 0 aromatic heterocycles. The molecule has 0 bridgehead atoms. The topological polar surface area (TPSA) is 77.5 Å². The molecule has 1 unspecified atom stereocenters. The lowest BCUT2D eigenvalue weighted by atomic mass is 10.0. The first-order valence-electron chi connectivity index (χ1n) is 4.07. The molecule has 0 N–H and O–H groups in total. The van der Waals surface area contributed by atoms with Crippen molar-refractivity contribution in [3.8, 4) is 0 Å². The first-order valence-corrected chi connectivity index (χ1v) is 5.92. The zero-order valence-electron chi connectivity index (χ0n) is 7.39. The Balaban J connectivity index is 2.67. The van der Waals surface area contributed by atoms with E-state index in [1.807, 2.05) is 0 Å². The van der Waals surface area contributed by atoms with E-state index in [2.05, 4.69) is 0 Å². The molecule has 1 aliphatic heterocycles. The minimum Gasteiger partial charge on any atom is -0.550 e. The van der Waals surface area contributed by atoms with Crippen molar-refractivity contribution < 1.29 is 18.3 Å². The van der Waals surface area contributed by atoms with Crippen LogP contribution in [0.3, 0.4) is 0 Å². The van der Waals surface area contributed by atoms with Gasteiger partial charge in [-0.2, -0.15) is 0 Å². The van der Waals surface area contributed by atoms with Crippen LogP contribution in [0.4, 0.5) is 0 Å². The molecule has 0 aromatic carbocycles. The fourth-order valence-corrected chi connectivity index (χ4v) is 2.35. The summed E-state index contributed by atoms with van der Waals surface area (Å²) in [5.74, 6) is -1.81. The summed E-state index contributed by atoms with van der Waals surface area (Å²) in [4.78, 5) is 10.5. The van der Waals surface area contributed by atoms with E-state index in [-0.39, 0.29) is 6.54 Å². The highest BCUT2D eigenvalue weighted by atomic mass is 32.2. The van der Waals surface area contributed by atoms with Gasteiger partial charge >= 0.3 is 0 Å². The molecule has 5 nitrogen and oxygen atoms in total. The maximum Gasteiger partial charge on any atom is 0.211 e. The zero-order chi connectivity index (χ0) is 10.1. The van der Waals surface area contributed by atoms with E-state index in [0.29, 0.717) is 19.4 Å². The maximum atomic E-state index is 11.1. The summed E-state index contributed by atoms with van der Waals surface area (Å²) in [6.07, 6.45) is 2.19. The molecule has 0 aromatic rings. The highest BCUT2D eigenvalue weighted by Crippen LogP contribution is 2.17. The maximum absolute atomic E-state index is 11.1. The highest BCUT2D eigenvalue weighted by molar-refractivity contribution is 7.88. The monoisotopic (exact) mass is 206 g/mol. The third-order valence-electron chi connectivity index (χ3n) is 2.19. The Morgan fingerprint density at radius 1 is 1.54 bits per heavy atom. The van der Waals surface area contributed by atoms with Gasteiger partial charge < -0.3 is 9.90 Å².